The van der Waals surface area contributed by atoms with Crippen molar-refractivity contribution in [1.29, 1.82) is 0 Å². The van der Waals surface area contributed by atoms with Gasteiger partial charge in [0.1, 0.15) is 0 Å². The summed E-state index contributed by atoms with van der Waals surface area (Å²) in [6, 6.07) is 0. The molecule has 0 aromatic carbocycles. The average molecular weight is 270 g/mol. The molecule has 0 saturated heterocycles. The van der Waals surface area contributed by atoms with Gasteiger partial charge in [-0.25, -0.2) is 0 Å². The molecule has 0 nitrogen and oxygen atoms in total. The summed E-state index contributed by atoms with van der Waals surface area (Å²) in [5.74, 6) is 0. The smallest absolute Gasteiger partial charge is 0.0721 e. The molecule has 60 valence electrons. The van der Waals surface area contributed by atoms with Gasteiger partial charge in [-0.05, 0) is 18.3 Å². The van der Waals surface area contributed by atoms with Crippen LogP contribution in [0.4, 0.5) is 0 Å². The maximum absolute atomic E-state index is 3.73. The number of halogens is 2. The SMILES string of the molecule is CC1(C)CCCCC1(Br)Br. The number of hydrogen-bond acceptors (Lipinski definition) is 0. The van der Waals surface area contributed by atoms with Gasteiger partial charge in [0.25, 0.3) is 0 Å². The highest BCUT2D eigenvalue weighted by Gasteiger charge is 2.42. The molecule has 1 aliphatic carbocycles. The topological polar surface area (TPSA) is 0 Å². The maximum Gasteiger partial charge on any atom is 0.0856 e. The summed E-state index contributed by atoms with van der Waals surface area (Å²) in [5.41, 5.74) is 0.408. The standard InChI is InChI=1S/C8H14Br2/c1-7(2)5-3-4-6-8(7,9)10/h3-6H2,1-2H3. The molecule has 0 aliphatic heterocycles. The van der Waals surface area contributed by atoms with Crippen LogP contribution in [0.15, 0.2) is 0 Å². The van der Waals surface area contributed by atoms with Gasteiger partial charge in [0.15, 0.2) is 0 Å². The minimum Gasteiger partial charge on any atom is -0.0721 e. The van der Waals surface area contributed by atoms with E-state index in [0.29, 0.717) is 5.41 Å². The van der Waals surface area contributed by atoms with Crippen molar-refractivity contribution < 1.29 is 0 Å². The van der Waals surface area contributed by atoms with E-state index in [1.165, 1.54) is 25.7 Å². The molecule has 0 spiro atoms. The highest BCUT2D eigenvalue weighted by Crippen LogP contribution is 2.53. The first kappa shape index (κ1) is 9.05. The zero-order valence-corrected chi connectivity index (χ0v) is 9.76. The van der Waals surface area contributed by atoms with Crippen molar-refractivity contribution >= 4 is 31.9 Å². The second-order valence-corrected chi connectivity index (χ2v) is 7.57. The Bertz CT molecular complexity index is 111. The third kappa shape index (κ3) is 1.58. The first-order valence-electron chi connectivity index (χ1n) is 3.84. The Kier molecular flexibility index (Phi) is 2.52. The summed E-state index contributed by atoms with van der Waals surface area (Å²) < 4.78 is 0.200. The Labute approximate surface area is 80.0 Å². The van der Waals surface area contributed by atoms with Crippen LogP contribution in [-0.4, -0.2) is 3.23 Å². The highest BCUT2D eigenvalue weighted by atomic mass is 79.9. The van der Waals surface area contributed by atoms with Crippen LogP contribution in [0, 0.1) is 5.41 Å². The van der Waals surface area contributed by atoms with Gasteiger partial charge in [0.2, 0.25) is 0 Å². The minimum atomic E-state index is 0.200. The van der Waals surface area contributed by atoms with Gasteiger partial charge in [0, 0.05) is 0 Å². The van der Waals surface area contributed by atoms with Crippen molar-refractivity contribution in [2.75, 3.05) is 0 Å². The molecule has 0 heterocycles. The highest BCUT2D eigenvalue weighted by molar-refractivity contribution is 9.25. The van der Waals surface area contributed by atoms with Crippen LogP contribution < -0.4 is 0 Å². The van der Waals surface area contributed by atoms with E-state index in [1.807, 2.05) is 0 Å². The third-order valence-corrected chi connectivity index (χ3v) is 5.47. The van der Waals surface area contributed by atoms with Gasteiger partial charge >= 0.3 is 0 Å². The molecule has 2 heteroatoms. The predicted octanol–water partition coefficient (Wildman–Crippen LogP) is 4.07. The van der Waals surface area contributed by atoms with Crippen LogP contribution in [0.3, 0.4) is 0 Å². The number of hydrogen-bond donors (Lipinski definition) is 0. The van der Waals surface area contributed by atoms with Crippen molar-refractivity contribution in [3.05, 3.63) is 0 Å². The van der Waals surface area contributed by atoms with Crippen molar-refractivity contribution in [2.45, 2.75) is 42.8 Å². The Morgan fingerprint density at radius 2 is 1.50 bits per heavy atom. The van der Waals surface area contributed by atoms with Crippen molar-refractivity contribution in [3.8, 4) is 0 Å². The summed E-state index contributed by atoms with van der Waals surface area (Å²) in [4.78, 5) is 0. The Balaban J connectivity index is 2.70. The van der Waals surface area contributed by atoms with Crippen LogP contribution in [0.25, 0.3) is 0 Å². The Hall–Kier alpha value is 0.960. The van der Waals surface area contributed by atoms with Gasteiger partial charge < -0.3 is 0 Å². The summed E-state index contributed by atoms with van der Waals surface area (Å²) >= 11 is 7.46. The van der Waals surface area contributed by atoms with E-state index < -0.39 is 0 Å². The predicted molar refractivity (Wildman–Crippen MR) is 52.8 cm³/mol. The fourth-order valence-corrected chi connectivity index (χ4v) is 2.39. The molecule has 0 unspecified atom stereocenters. The van der Waals surface area contributed by atoms with Crippen LogP contribution in [-0.2, 0) is 0 Å². The fourth-order valence-electron chi connectivity index (χ4n) is 1.44. The number of alkyl halides is 2. The lowest BCUT2D eigenvalue weighted by Gasteiger charge is -2.42. The summed E-state index contributed by atoms with van der Waals surface area (Å²) in [7, 11) is 0. The molecule has 0 atom stereocenters. The molecule has 10 heavy (non-hydrogen) atoms. The van der Waals surface area contributed by atoms with Crippen LogP contribution >= 0.6 is 31.9 Å². The molecule has 0 bridgehead atoms. The molecule has 1 rings (SSSR count). The molecule has 0 amide bonds. The minimum absolute atomic E-state index is 0.200. The average Bonchev–Trinajstić information content (AvgIpc) is 1.77. The maximum atomic E-state index is 3.73. The second kappa shape index (κ2) is 2.78. The van der Waals surface area contributed by atoms with Gasteiger partial charge in [-0.15, -0.1) is 0 Å². The molecule has 1 fully saturated rings. The Morgan fingerprint density at radius 1 is 1.00 bits per heavy atom. The molecule has 0 radical (unpaired) electrons. The molecular weight excluding hydrogens is 256 g/mol. The zero-order valence-electron chi connectivity index (χ0n) is 6.58. The lowest BCUT2D eigenvalue weighted by molar-refractivity contribution is 0.244. The lowest BCUT2D eigenvalue weighted by atomic mass is 9.77. The van der Waals surface area contributed by atoms with E-state index in [1.54, 1.807) is 0 Å². The fraction of sp³-hybridized carbons (Fsp3) is 1.00. The van der Waals surface area contributed by atoms with Gasteiger partial charge in [-0.1, -0.05) is 58.5 Å². The van der Waals surface area contributed by atoms with E-state index in [-0.39, 0.29) is 3.23 Å². The van der Waals surface area contributed by atoms with Crippen molar-refractivity contribution in [1.82, 2.24) is 0 Å². The molecule has 0 aromatic rings. The molecule has 0 N–H and O–H groups in total. The third-order valence-electron chi connectivity index (χ3n) is 2.53. The molecular formula is C8H14Br2. The van der Waals surface area contributed by atoms with Crippen LogP contribution in [0.2, 0.25) is 0 Å². The van der Waals surface area contributed by atoms with E-state index in [2.05, 4.69) is 45.7 Å². The Morgan fingerprint density at radius 3 is 1.80 bits per heavy atom. The van der Waals surface area contributed by atoms with E-state index >= 15 is 0 Å². The summed E-state index contributed by atoms with van der Waals surface area (Å²) in [5, 5.41) is 0. The molecule has 1 aliphatic rings. The van der Waals surface area contributed by atoms with Crippen LogP contribution in [0.5, 0.6) is 0 Å². The lowest BCUT2D eigenvalue weighted by Crippen LogP contribution is -2.36. The van der Waals surface area contributed by atoms with Crippen molar-refractivity contribution in [2.24, 2.45) is 5.41 Å². The van der Waals surface area contributed by atoms with Gasteiger partial charge in [-0.2, -0.15) is 0 Å². The number of rotatable bonds is 0. The molecule has 1 saturated carbocycles. The van der Waals surface area contributed by atoms with E-state index in [0.717, 1.165) is 0 Å². The van der Waals surface area contributed by atoms with Gasteiger partial charge in [0.05, 0.1) is 3.23 Å². The quantitative estimate of drug-likeness (QED) is 0.582. The largest absolute Gasteiger partial charge is 0.0856 e. The molecule has 0 aromatic heterocycles. The zero-order chi connectivity index (χ0) is 7.83. The van der Waals surface area contributed by atoms with Gasteiger partial charge in [-0.3, -0.25) is 0 Å². The second-order valence-electron chi connectivity index (χ2n) is 3.80. The summed E-state index contributed by atoms with van der Waals surface area (Å²) in [6.07, 6.45) is 5.30. The monoisotopic (exact) mass is 268 g/mol. The first-order valence-corrected chi connectivity index (χ1v) is 5.42. The van der Waals surface area contributed by atoms with E-state index in [9.17, 15) is 0 Å². The van der Waals surface area contributed by atoms with Crippen molar-refractivity contribution in [3.63, 3.8) is 0 Å². The van der Waals surface area contributed by atoms with E-state index in [4.69, 9.17) is 0 Å². The first-order chi connectivity index (χ1) is 4.46. The summed E-state index contributed by atoms with van der Waals surface area (Å²) in [6.45, 7) is 4.63. The normalized spacial score (nSPS) is 30.0. The van der Waals surface area contributed by atoms with Crippen LogP contribution in [0.1, 0.15) is 39.5 Å².